The van der Waals surface area contributed by atoms with Crippen LogP contribution in [0, 0.1) is 6.92 Å². The molecule has 0 bridgehead atoms. The van der Waals surface area contributed by atoms with Crippen molar-refractivity contribution in [3.63, 3.8) is 0 Å². The van der Waals surface area contributed by atoms with Gasteiger partial charge in [0.1, 0.15) is 24.1 Å². The Morgan fingerprint density at radius 2 is 1.89 bits per heavy atom. The fourth-order valence-electron chi connectivity index (χ4n) is 5.81. The van der Waals surface area contributed by atoms with Crippen LogP contribution in [-0.2, 0) is 4.74 Å². The molecule has 2 aromatic carbocycles. The van der Waals surface area contributed by atoms with E-state index in [9.17, 15) is 4.79 Å². The predicted molar refractivity (Wildman–Crippen MR) is 139 cm³/mol. The summed E-state index contributed by atoms with van der Waals surface area (Å²) >= 11 is 0. The molecule has 0 radical (unpaired) electrons. The van der Waals surface area contributed by atoms with Crippen molar-refractivity contribution in [1.82, 2.24) is 19.9 Å². The summed E-state index contributed by atoms with van der Waals surface area (Å²) in [5.41, 5.74) is 5.92. The number of nitrogens with one attached hydrogen (secondary N) is 2. The summed E-state index contributed by atoms with van der Waals surface area (Å²) in [4.78, 5) is 26.4. The van der Waals surface area contributed by atoms with Crippen LogP contribution >= 0.6 is 0 Å². The van der Waals surface area contributed by atoms with E-state index in [0.717, 1.165) is 89.9 Å². The van der Waals surface area contributed by atoms with Crippen LogP contribution in [0.2, 0.25) is 0 Å². The van der Waals surface area contributed by atoms with Gasteiger partial charge in [-0.05, 0) is 67.5 Å². The largest absolute Gasteiger partial charge is 0.379 e. The third kappa shape index (κ3) is 4.30. The molecule has 0 atom stereocenters. The number of fused-ring (bicyclic) bond motifs is 3. The van der Waals surface area contributed by atoms with Gasteiger partial charge in [-0.2, -0.15) is 0 Å². The molecular formula is C28H31N5O2. The van der Waals surface area contributed by atoms with Crippen LogP contribution in [0.3, 0.4) is 0 Å². The Labute approximate surface area is 204 Å². The van der Waals surface area contributed by atoms with Crippen molar-refractivity contribution in [2.75, 3.05) is 31.6 Å². The van der Waals surface area contributed by atoms with Gasteiger partial charge in [0.25, 0.3) is 0 Å². The number of aromatic nitrogens is 3. The number of aromatic amines is 1. The molecule has 7 heteroatoms. The SMILES string of the molecule is Cc1cc(C=O)ccc1-c1ccc2[nH]c3ncnc(NC4CCC(N5CCOCC5)CC4)c3c2c1. The Kier molecular flexibility index (Phi) is 5.96. The Hall–Kier alpha value is -3.29. The minimum atomic E-state index is 0.414. The van der Waals surface area contributed by atoms with Crippen molar-refractivity contribution in [3.8, 4) is 11.1 Å². The van der Waals surface area contributed by atoms with Crippen LogP contribution in [0.25, 0.3) is 33.1 Å². The summed E-state index contributed by atoms with van der Waals surface area (Å²) in [6, 6.07) is 13.4. The summed E-state index contributed by atoms with van der Waals surface area (Å²) in [7, 11) is 0. The number of anilines is 1. The number of benzene rings is 2. The number of aldehydes is 1. The maximum Gasteiger partial charge on any atom is 0.150 e. The predicted octanol–water partition coefficient (Wildman–Crippen LogP) is 4.95. The first-order valence-electron chi connectivity index (χ1n) is 12.6. The molecule has 7 nitrogen and oxygen atoms in total. The molecule has 2 N–H and O–H groups in total. The molecule has 180 valence electrons. The topological polar surface area (TPSA) is 83.1 Å². The Bertz CT molecular complexity index is 1370. The Balaban J connectivity index is 1.28. The number of rotatable bonds is 5. The average molecular weight is 470 g/mol. The number of ether oxygens (including phenoxy) is 1. The van der Waals surface area contributed by atoms with Crippen LogP contribution < -0.4 is 5.32 Å². The highest BCUT2D eigenvalue weighted by molar-refractivity contribution is 6.12. The zero-order chi connectivity index (χ0) is 23.8. The average Bonchev–Trinajstić information content (AvgIpc) is 3.28. The molecule has 2 aromatic heterocycles. The summed E-state index contributed by atoms with van der Waals surface area (Å²) < 4.78 is 5.53. The quantitative estimate of drug-likeness (QED) is 0.402. The minimum Gasteiger partial charge on any atom is -0.379 e. The maximum atomic E-state index is 11.2. The zero-order valence-electron chi connectivity index (χ0n) is 20.1. The van der Waals surface area contributed by atoms with Crippen molar-refractivity contribution in [2.45, 2.75) is 44.7 Å². The van der Waals surface area contributed by atoms with Gasteiger partial charge in [0.2, 0.25) is 0 Å². The normalized spacial score (nSPS) is 21.4. The molecule has 1 saturated carbocycles. The highest BCUT2D eigenvalue weighted by Crippen LogP contribution is 2.35. The third-order valence-electron chi connectivity index (χ3n) is 7.69. The zero-order valence-corrected chi connectivity index (χ0v) is 20.1. The summed E-state index contributed by atoms with van der Waals surface area (Å²) in [6.07, 6.45) is 7.23. The second-order valence-corrected chi connectivity index (χ2v) is 9.82. The van der Waals surface area contributed by atoms with Crippen LogP contribution in [0.4, 0.5) is 5.82 Å². The number of hydrogen-bond acceptors (Lipinski definition) is 6. The van der Waals surface area contributed by atoms with Gasteiger partial charge < -0.3 is 15.0 Å². The number of morpholine rings is 1. The number of nitrogens with zero attached hydrogens (tertiary/aromatic N) is 3. The molecule has 1 saturated heterocycles. The highest BCUT2D eigenvalue weighted by Gasteiger charge is 2.27. The van der Waals surface area contributed by atoms with Crippen molar-refractivity contribution in [1.29, 1.82) is 0 Å². The van der Waals surface area contributed by atoms with Crippen LogP contribution in [0.15, 0.2) is 42.7 Å². The van der Waals surface area contributed by atoms with Crippen LogP contribution in [0.1, 0.15) is 41.6 Å². The molecule has 2 aliphatic rings. The fourth-order valence-corrected chi connectivity index (χ4v) is 5.81. The van der Waals surface area contributed by atoms with Crippen molar-refractivity contribution >= 4 is 34.0 Å². The van der Waals surface area contributed by atoms with Crippen molar-refractivity contribution in [3.05, 3.63) is 53.9 Å². The summed E-state index contributed by atoms with van der Waals surface area (Å²) in [5, 5.41) is 5.91. The van der Waals surface area contributed by atoms with Gasteiger partial charge >= 0.3 is 0 Å². The molecule has 4 aromatic rings. The van der Waals surface area contributed by atoms with Gasteiger partial charge in [0.15, 0.2) is 0 Å². The van der Waals surface area contributed by atoms with Crippen LogP contribution in [0.5, 0.6) is 0 Å². The lowest BCUT2D eigenvalue weighted by atomic mass is 9.90. The van der Waals surface area contributed by atoms with E-state index in [1.807, 2.05) is 25.1 Å². The van der Waals surface area contributed by atoms with Gasteiger partial charge in [-0.1, -0.05) is 18.2 Å². The number of H-pyrrole nitrogens is 1. The molecule has 3 heterocycles. The summed E-state index contributed by atoms with van der Waals surface area (Å²) in [6.45, 7) is 5.89. The van der Waals surface area contributed by atoms with Crippen molar-refractivity contribution in [2.24, 2.45) is 0 Å². The lowest BCUT2D eigenvalue weighted by Crippen LogP contribution is -2.46. The van der Waals surface area contributed by atoms with E-state index < -0.39 is 0 Å². The second-order valence-electron chi connectivity index (χ2n) is 9.82. The van der Waals surface area contributed by atoms with E-state index >= 15 is 0 Å². The summed E-state index contributed by atoms with van der Waals surface area (Å²) in [5.74, 6) is 0.904. The number of hydrogen-bond donors (Lipinski definition) is 2. The lowest BCUT2D eigenvalue weighted by Gasteiger charge is -2.39. The Morgan fingerprint density at radius 3 is 2.66 bits per heavy atom. The molecule has 35 heavy (non-hydrogen) atoms. The molecule has 0 unspecified atom stereocenters. The van der Waals surface area contributed by atoms with Gasteiger partial charge in [-0.25, -0.2) is 9.97 Å². The smallest absolute Gasteiger partial charge is 0.150 e. The molecule has 1 aliphatic carbocycles. The monoisotopic (exact) mass is 469 g/mol. The standard InChI is InChI=1S/C28H31N5O2/c1-18-14-19(16-34)2-8-23(18)20-3-9-25-24(15-20)26-27(29-17-30-28(26)32-25)31-21-4-6-22(7-5-21)33-10-12-35-13-11-33/h2-3,8-9,14-17,21-22H,4-7,10-13H2,1H3,(H2,29,30,31,32). The first-order valence-corrected chi connectivity index (χ1v) is 12.6. The first kappa shape index (κ1) is 22.2. The lowest BCUT2D eigenvalue weighted by molar-refractivity contribution is 0.00791. The molecule has 0 spiro atoms. The van der Waals surface area contributed by atoms with Gasteiger partial charge in [0.05, 0.1) is 18.6 Å². The van der Waals surface area contributed by atoms with E-state index in [-0.39, 0.29) is 0 Å². The third-order valence-corrected chi connectivity index (χ3v) is 7.69. The molecule has 2 fully saturated rings. The fraction of sp³-hybridized carbons (Fsp3) is 0.393. The van der Waals surface area contributed by atoms with Gasteiger partial charge in [0, 0.05) is 41.6 Å². The molecule has 0 amide bonds. The van der Waals surface area contributed by atoms with Gasteiger partial charge in [-0.15, -0.1) is 0 Å². The number of carbonyl (C=O) groups is 1. The highest BCUT2D eigenvalue weighted by atomic mass is 16.5. The first-order chi connectivity index (χ1) is 17.2. The molecule has 6 rings (SSSR count). The molecular weight excluding hydrogens is 438 g/mol. The van der Waals surface area contributed by atoms with E-state index in [0.29, 0.717) is 17.6 Å². The van der Waals surface area contributed by atoms with E-state index in [4.69, 9.17) is 4.74 Å². The maximum absolute atomic E-state index is 11.2. The number of carbonyl (C=O) groups excluding carboxylic acids is 1. The number of aryl methyl sites for hydroxylation is 1. The minimum absolute atomic E-state index is 0.414. The van der Waals surface area contributed by atoms with E-state index in [1.54, 1.807) is 6.33 Å². The molecule has 1 aliphatic heterocycles. The van der Waals surface area contributed by atoms with E-state index in [1.165, 1.54) is 12.8 Å². The van der Waals surface area contributed by atoms with Crippen LogP contribution in [-0.4, -0.2) is 64.5 Å². The van der Waals surface area contributed by atoms with E-state index in [2.05, 4.69) is 43.4 Å². The Morgan fingerprint density at radius 1 is 1.06 bits per heavy atom. The second kappa shape index (κ2) is 9.40. The van der Waals surface area contributed by atoms with Gasteiger partial charge in [-0.3, -0.25) is 9.69 Å². The van der Waals surface area contributed by atoms with Crippen molar-refractivity contribution < 1.29 is 9.53 Å².